The van der Waals surface area contributed by atoms with Crippen molar-refractivity contribution in [3.8, 4) is 17.6 Å². The smallest absolute Gasteiger partial charge is 0.164 e. The number of phenolic OH excluding ortho intramolecular Hbond substituents is 1. The van der Waals surface area contributed by atoms with Crippen LogP contribution in [0.4, 0.5) is 4.39 Å². The van der Waals surface area contributed by atoms with Crippen LogP contribution in [0.15, 0.2) is 23.3 Å². The van der Waals surface area contributed by atoms with E-state index in [1.807, 2.05) is 0 Å². The molecule has 0 bridgehead atoms. The molecule has 0 atom stereocenters. The van der Waals surface area contributed by atoms with Crippen molar-refractivity contribution in [3.63, 3.8) is 0 Å². The third-order valence-electron chi connectivity index (χ3n) is 1.58. The number of hydrogen-bond acceptors (Lipinski definition) is 2. The first-order valence-electron chi connectivity index (χ1n) is 4.22. The van der Waals surface area contributed by atoms with Crippen LogP contribution in [0.1, 0.15) is 12.0 Å². The number of halogens is 1. The molecule has 76 valence electrons. The maximum Gasteiger partial charge on any atom is 0.164 e. The van der Waals surface area contributed by atoms with Crippen molar-refractivity contribution >= 4 is 0 Å². The maximum absolute atomic E-state index is 12.6. The first-order chi connectivity index (χ1) is 7.24. The lowest BCUT2D eigenvalue weighted by molar-refractivity contribution is 0.432. The quantitative estimate of drug-likeness (QED) is 0.260. The van der Waals surface area contributed by atoms with Gasteiger partial charge in [-0.15, -0.1) is 0 Å². The van der Waals surface area contributed by atoms with Gasteiger partial charge in [0, 0.05) is 23.4 Å². The lowest BCUT2D eigenvalue weighted by Crippen LogP contribution is -1.79. The summed E-state index contributed by atoms with van der Waals surface area (Å²) in [5, 5.41) is 12.3. The van der Waals surface area contributed by atoms with Crippen molar-refractivity contribution in [3.05, 3.63) is 40.0 Å². The Balaban J connectivity index is 2.64. The molecule has 1 aromatic rings. The molecule has 0 saturated carbocycles. The van der Waals surface area contributed by atoms with Crippen LogP contribution in [0.2, 0.25) is 0 Å². The lowest BCUT2D eigenvalue weighted by Gasteiger charge is -1.94. The highest BCUT2D eigenvalue weighted by atomic mass is 19.1. The summed E-state index contributed by atoms with van der Waals surface area (Å²) in [7, 11) is 0. The van der Waals surface area contributed by atoms with Crippen molar-refractivity contribution in [1.82, 2.24) is 0 Å². The molecule has 0 spiro atoms. The Morgan fingerprint density at radius 1 is 1.53 bits per heavy atom. The molecule has 0 heterocycles. The van der Waals surface area contributed by atoms with Gasteiger partial charge in [0.15, 0.2) is 11.6 Å². The third kappa shape index (κ3) is 3.59. The summed E-state index contributed by atoms with van der Waals surface area (Å²) in [6, 6.07) is 3.86. The van der Waals surface area contributed by atoms with Gasteiger partial charge >= 0.3 is 0 Å². The molecule has 4 nitrogen and oxygen atoms in total. The molecular formula is C10H8FN3O. The predicted octanol–water partition coefficient (Wildman–Crippen LogP) is 2.58. The summed E-state index contributed by atoms with van der Waals surface area (Å²) in [6.45, 7) is 0.302. The van der Waals surface area contributed by atoms with Gasteiger partial charge in [-0.05, 0) is 23.7 Å². The Hall–Kier alpha value is -2.18. The van der Waals surface area contributed by atoms with E-state index in [4.69, 9.17) is 10.6 Å². The normalized spacial score (nSPS) is 8.60. The van der Waals surface area contributed by atoms with E-state index in [1.165, 1.54) is 12.1 Å². The largest absolute Gasteiger partial charge is 0.505 e. The summed E-state index contributed by atoms with van der Waals surface area (Å²) in [5.74, 6) is 4.36. The van der Waals surface area contributed by atoms with E-state index in [0.717, 1.165) is 6.07 Å². The molecule has 1 rings (SSSR count). The minimum atomic E-state index is -0.672. The van der Waals surface area contributed by atoms with Gasteiger partial charge < -0.3 is 5.11 Å². The minimum absolute atomic E-state index is 0.302. The van der Waals surface area contributed by atoms with Crippen molar-refractivity contribution in [1.29, 1.82) is 0 Å². The highest BCUT2D eigenvalue weighted by molar-refractivity contribution is 5.39. The second kappa shape index (κ2) is 5.53. The van der Waals surface area contributed by atoms with E-state index in [-0.39, 0.29) is 0 Å². The standard InChI is InChI=1S/C10H8FN3O/c11-9-5-4-8(7-10(9)15)3-1-2-6-13-14-12/h4-5,7,15H,2,6H2. The summed E-state index contributed by atoms with van der Waals surface area (Å²) < 4.78 is 12.6. The van der Waals surface area contributed by atoms with Gasteiger partial charge in [0.1, 0.15) is 0 Å². The van der Waals surface area contributed by atoms with Crippen molar-refractivity contribution < 1.29 is 9.50 Å². The molecule has 0 aromatic heterocycles. The molecule has 5 heteroatoms. The van der Waals surface area contributed by atoms with Gasteiger partial charge in [0.25, 0.3) is 0 Å². The zero-order valence-electron chi connectivity index (χ0n) is 7.81. The second-order valence-electron chi connectivity index (χ2n) is 2.67. The number of phenols is 1. The van der Waals surface area contributed by atoms with Crippen LogP contribution < -0.4 is 0 Å². The Bertz CT molecular complexity index is 455. The maximum atomic E-state index is 12.6. The molecule has 0 fully saturated rings. The van der Waals surface area contributed by atoms with E-state index in [9.17, 15) is 4.39 Å². The fourth-order valence-corrected chi connectivity index (χ4v) is 0.906. The van der Waals surface area contributed by atoms with E-state index in [1.54, 1.807) is 0 Å². The summed E-state index contributed by atoms with van der Waals surface area (Å²) in [5.41, 5.74) is 8.51. The monoisotopic (exact) mass is 205 g/mol. The Morgan fingerprint density at radius 3 is 3.00 bits per heavy atom. The SMILES string of the molecule is [N-]=[N+]=NCCC#Cc1ccc(F)c(O)c1. The number of nitrogens with zero attached hydrogens (tertiary/aromatic N) is 3. The summed E-state index contributed by atoms with van der Waals surface area (Å²) in [4.78, 5) is 2.57. The van der Waals surface area contributed by atoms with Gasteiger partial charge in [-0.25, -0.2) is 4.39 Å². The molecule has 0 amide bonds. The third-order valence-corrected chi connectivity index (χ3v) is 1.58. The first-order valence-corrected chi connectivity index (χ1v) is 4.22. The van der Waals surface area contributed by atoms with Crippen LogP contribution in [0.25, 0.3) is 10.4 Å². The van der Waals surface area contributed by atoms with Crippen LogP contribution in [-0.2, 0) is 0 Å². The summed E-state index contributed by atoms with van der Waals surface area (Å²) in [6.07, 6.45) is 0.433. The van der Waals surface area contributed by atoms with Crippen LogP contribution in [0, 0.1) is 17.7 Å². The van der Waals surface area contributed by atoms with Crippen LogP contribution >= 0.6 is 0 Å². The zero-order chi connectivity index (χ0) is 11.1. The Kier molecular flexibility index (Phi) is 4.02. The van der Waals surface area contributed by atoms with E-state index < -0.39 is 11.6 Å². The number of azide groups is 1. The highest BCUT2D eigenvalue weighted by Crippen LogP contribution is 2.15. The Labute approximate surface area is 86.0 Å². The molecule has 0 aliphatic heterocycles. The van der Waals surface area contributed by atoms with Crippen molar-refractivity contribution in [2.24, 2.45) is 5.11 Å². The van der Waals surface area contributed by atoms with Gasteiger partial charge in [-0.3, -0.25) is 0 Å². The molecule has 15 heavy (non-hydrogen) atoms. The molecule has 1 N–H and O–H groups in total. The van der Waals surface area contributed by atoms with Crippen LogP contribution in [-0.4, -0.2) is 11.7 Å². The number of benzene rings is 1. The molecule has 0 saturated heterocycles. The zero-order valence-corrected chi connectivity index (χ0v) is 7.81. The average Bonchev–Trinajstić information content (AvgIpc) is 2.23. The fourth-order valence-electron chi connectivity index (χ4n) is 0.906. The van der Waals surface area contributed by atoms with E-state index in [2.05, 4.69) is 21.9 Å². The van der Waals surface area contributed by atoms with Crippen molar-refractivity contribution in [2.75, 3.05) is 6.54 Å². The number of aromatic hydroxyl groups is 1. The molecule has 0 aliphatic rings. The van der Waals surface area contributed by atoms with Crippen LogP contribution in [0.5, 0.6) is 5.75 Å². The van der Waals surface area contributed by atoms with Gasteiger partial charge in [-0.2, -0.15) is 0 Å². The first kappa shape index (κ1) is 10.9. The second-order valence-corrected chi connectivity index (χ2v) is 2.67. The summed E-state index contributed by atoms with van der Waals surface area (Å²) >= 11 is 0. The predicted molar refractivity (Wildman–Crippen MR) is 53.6 cm³/mol. The van der Waals surface area contributed by atoms with Gasteiger partial charge in [-0.1, -0.05) is 17.0 Å². The molecule has 0 unspecified atom stereocenters. The molecule has 0 aliphatic carbocycles. The van der Waals surface area contributed by atoms with Crippen molar-refractivity contribution in [2.45, 2.75) is 6.42 Å². The molecular weight excluding hydrogens is 197 g/mol. The highest BCUT2D eigenvalue weighted by Gasteiger charge is 1.98. The van der Waals surface area contributed by atoms with E-state index >= 15 is 0 Å². The lowest BCUT2D eigenvalue weighted by atomic mass is 10.2. The molecule has 1 aromatic carbocycles. The van der Waals surface area contributed by atoms with Gasteiger partial charge in [0.2, 0.25) is 0 Å². The number of rotatable bonds is 2. The number of hydrogen-bond donors (Lipinski definition) is 1. The van der Waals surface area contributed by atoms with Crippen LogP contribution in [0.3, 0.4) is 0 Å². The Morgan fingerprint density at radius 2 is 2.33 bits per heavy atom. The van der Waals surface area contributed by atoms with E-state index in [0.29, 0.717) is 18.5 Å². The molecule has 0 radical (unpaired) electrons. The average molecular weight is 205 g/mol. The topological polar surface area (TPSA) is 69.0 Å². The fraction of sp³-hybridized carbons (Fsp3) is 0.200. The minimum Gasteiger partial charge on any atom is -0.505 e. The van der Waals surface area contributed by atoms with Gasteiger partial charge in [0.05, 0.1) is 0 Å².